The van der Waals surface area contributed by atoms with E-state index in [1.807, 2.05) is 18.2 Å². The SMILES string of the molecule is O=C(CC1OCCc2ccccc21)c1ncn[nH]1. The molecule has 1 aliphatic heterocycles. The van der Waals surface area contributed by atoms with Crippen LogP contribution in [0.1, 0.15) is 34.3 Å². The first-order chi connectivity index (χ1) is 8.84. The maximum atomic E-state index is 12.0. The van der Waals surface area contributed by atoms with Crippen LogP contribution in [0, 0.1) is 0 Å². The fourth-order valence-electron chi connectivity index (χ4n) is 2.25. The van der Waals surface area contributed by atoms with Crippen LogP contribution in [0.5, 0.6) is 0 Å². The number of fused-ring (bicyclic) bond motifs is 1. The maximum Gasteiger partial charge on any atom is 0.202 e. The molecular weight excluding hydrogens is 230 g/mol. The minimum Gasteiger partial charge on any atom is -0.373 e. The number of rotatable bonds is 3. The number of H-pyrrole nitrogens is 1. The number of ether oxygens (including phenoxy) is 1. The van der Waals surface area contributed by atoms with Gasteiger partial charge in [-0.1, -0.05) is 24.3 Å². The van der Waals surface area contributed by atoms with Crippen LogP contribution >= 0.6 is 0 Å². The summed E-state index contributed by atoms with van der Waals surface area (Å²) in [6, 6.07) is 8.09. The number of hydrogen-bond acceptors (Lipinski definition) is 4. The molecule has 3 rings (SSSR count). The lowest BCUT2D eigenvalue weighted by atomic mass is 9.94. The van der Waals surface area contributed by atoms with E-state index in [1.165, 1.54) is 11.9 Å². The van der Waals surface area contributed by atoms with Gasteiger partial charge in [0.1, 0.15) is 6.33 Å². The third kappa shape index (κ3) is 2.04. The predicted molar refractivity (Wildman–Crippen MR) is 64.2 cm³/mol. The van der Waals surface area contributed by atoms with Crippen molar-refractivity contribution in [2.75, 3.05) is 6.61 Å². The maximum absolute atomic E-state index is 12.0. The molecule has 1 atom stereocenters. The largest absolute Gasteiger partial charge is 0.373 e. The summed E-state index contributed by atoms with van der Waals surface area (Å²) in [7, 11) is 0. The molecule has 5 heteroatoms. The molecule has 0 amide bonds. The highest BCUT2D eigenvalue weighted by Crippen LogP contribution is 2.30. The van der Waals surface area contributed by atoms with E-state index >= 15 is 0 Å². The van der Waals surface area contributed by atoms with E-state index in [9.17, 15) is 4.79 Å². The summed E-state index contributed by atoms with van der Waals surface area (Å²) in [5.74, 6) is 0.218. The first kappa shape index (κ1) is 11.1. The van der Waals surface area contributed by atoms with Crippen molar-refractivity contribution in [2.45, 2.75) is 18.9 Å². The fourth-order valence-corrected chi connectivity index (χ4v) is 2.25. The van der Waals surface area contributed by atoms with Crippen LogP contribution < -0.4 is 0 Å². The van der Waals surface area contributed by atoms with Gasteiger partial charge in [-0.3, -0.25) is 9.89 Å². The highest BCUT2D eigenvalue weighted by Gasteiger charge is 2.24. The smallest absolute Gasteiger partial charge is 0.202 e. The van der Waals surface area contributed by atoms with Crippen LogP contribution in [0.2, 0.25) is 0 Å². The van der Waals surface area contributed by atoms with Gasteiger partial charge in [0.05, 0.1) is 12.7 Å². The Balaban J connectivity index is 1.80. The molecule has 2 aromatic rings. The highest BCUT2D eigenvalue weighted by molar-refractivity contribution is 5.92. The molecular formula is C13H13N3O2. The summed E-state index contributed by atoms with van der Waals surface area (Å²) < 4.78 is 5.69. The highest BCUT2D eigenvalue weighted by atomic mass is 16.5. The molecule has 0 saturated heterocycles. The lowest BCUT2D eigenvalue weighted by molar-refractivity contribution is 0.0348. The van der Waals surface area contributed by atoms with Gasteiger partial charge in [0.25, 0.3) is 0 Å². The van der Waals surface area contributed by atoms with Crippen LogP contribution in [-0.4, -0.2) is 27.6 Å². The molecule has 92 valence electrons. The molecule has 18 heavy (non-hydrogen) atoms. The normalized spacial score (nSPS) is 18.3. The molecule has 0 saturated carbocycles. The quantitative estimate of drug-likeness (QED) is 0.833. The van der Waals surface area contributed by atoms with Crippen molar-refractivity contribution >= 4 is 5.78 Å². The number of hydrogen-bond donors (Lipinski definition) is 1. The second kappa shape index (κ2) is 4.70. The minimum absolute atomic E-state index is 0.0748. The number of aromatic amines is 1. The van der Waals surface area contributed by atoms with Gasteiger partial charge in [0, 0.05) is 6.42 Å². The van der Waals surface area contributed by atoms with Gasteiger partial charge in [-0.05, 0) is 17.5 Å². The van der Waals surface area contributed by atoms with Crippen LogP contribution in [0.25, 0.3) is 0 Å². The zero-order chi connectivity index (χ0) is 12.4. The van der Waals surface area contributed by atoms with Crippen molar-refractivity contribution < 1.29 is 9.53 Å². The molecule has 1 N–H and O–H groups in total. The summed E-state index contributed by atoms with van der Waals surface area (Å²) in [5, 5.41) is 6.27. The Kier molecular flexibility index (Phi) is 2.90. The Morgan fingerprint density at radius 1 is 1.44 bits per heavy atom. The summed E-state index contributed by atoms with van der Waals surface area (Å²) >= 11 is 0. The number of ketones is 1. The Labute approximate surface area is 104 Å². The molecule has 5 nitrogen and oxygen atoms in total. The van der Waals surface area contributed by atoms with Crippen molar-refractivity contribution in [2.24, 2.45) is 0 Å². The van der Waals surface area contributed by atoms with E-state index in [4.69, 9.17) is 4.74 Å². The van der Waals surface area contributed by atoms with Gasteiger partial charge in [-0.2, -0.15) is 5.10 Å². The topological polar surface area (TPSA) is 67.9 Å². The molecule has 0 radical (unpaired) electrons. The number of Topliss-reactive ketones (excluding diaryl/α,β-unsaturated/α-hetero) is 1. The van der Waals surface area contributed by atoms with Gasteiger partial charge in [0.15, 0.2) is 5.82 Å². The number of carbonyl (C=O) groups excluding carboxylic acids is 1. The van der Waals surface area contributed by atoms with Crippen LogP contribution in [-0.2, 0) is 11.2 Å². The Bertz CT molecular complexity index is 551. The number of nitrogens with one attached hydrogen (secondary N) is 1. The summed E-state index contributed by atoms with van der Waals surface area (Å²) in [4.78, 5) is 15.8. The van der Waals surface area contributed by atoms with Gasteiger partial charge < -0.3 is 4.74 Å². The third-order valence-corrected chi connectivity index (χ3v) is 3.14. The fraction of sp³-hybridized carbons (Fsp3) is 0.308. The van der Waals surface area contributed by atoms with E-state index in [2.05, 4.69) is 21.2 Å². The predicted octanol–water partition coefficient (Wildman–Crippen LogP) is 1.69. The van der Waals surface area contributed by atoms with Gasteiger partial charge in [-0.15, -0.1) is 0 Å². The van der Waals surface area contributed by atoms with E-state index in [0.29, 0.717) is 18.9 Å². The average Bonchev–Trinajstić information content (AvgIpc) is 2.93. The van der Waals surface area contributed by atoms with E-state index in [1.54, 1.807) is 0 Å². The second-order valence-corrected chi connectivity index (χ2v) is 4.27. The van der Waals surface area contributed by atoms with E-state index < -0.39 is 0 Å². The van der Waals surface area contributed by atoms with E-state index in [-0.39, 0.29) is 11.9 Å². The number of nitrogens with zero attached hydrogens (tertiary/aromatic N) is 2. The van der Waals surface area contributed by atoms with Crippen LogP contribution in [0.15, 0.2) is 30.6 Å². The van der Waals surface area contributed by atoms with Crippen molar-refractivity contribution in [1.29, 1.82) is 0 Å². The average molecular weight is 243 g/mol. The molecule has 0 aliphatic carbocycles. The summed E-state index contributed by atoms with van der Waals surface area (Å²) in [6.45, 7) is 0.658. The lowest BCUT2D eigenvalue weighted by Crippen LogP contribution is -2.19. The Hall–Kier alpha value is -2.01. The number of benzene rings is 1. The molecule has 1 aliphatic rings. The number of carbonyl (C=O) groups is 1. The minimum atomic E-state index is -0.174. The standard InChI is InChI=1S/C13H13N3O2/c17-11(13-14-8-15-16-13)7-12-10-4-2-1-3-9(10)5-6-18-12/h1-4,8,12H,5-7H2,(H,14,15,16). The molecule has 0 fully saturated rings. The third-order valence-electron chi connectivity index (χ3n) is 3.14. The zero-order valence-electron chi connectivity index (χ0n) is 9.80. The molecule has 1 aromatic heterocycles. The Morgan fingerprint density at radius 3 is 3.17 bits per heavy atom. The van der Waals surface area contributed by atoms with Crippen molar-refractivity contribution in [3.63, 3.8) is 0 Å². The van der Waals surface area contributed by atoms with E-state index in [0.717, 1.165) is 12.0 Å². The zero-order valence-corrected chi connectivity index (χ0v) is 9.80. The van der Waals surface area contributed by atoms with Crippen LogP contribution in [0.3, 0.4) is 0 Å². The first-order valence-corrected chi connectivity index (χ1v) is 5.92. The van der Waals surface area contributed by atoms with Crippen molar-refractivity contribution in [1.82, 2.24) is 15.2 Å². The van der Waals surface area contributed by atoms with Crippen molar-refractivity contribution in [3.8, 4) is 0 Å². The van der Waals surface area contributed by atoms with Crippen molar-refractivity contribution in [3.05, 3.63) is 47.5 Å². The molecule has 2 heterocycles. The first-order valence-electron chi connectivity index (χ1n) is 5.92. The van der Waals surface area contributed by atoms with Gasteiger partial charge in [0.2, 0.25) is 5.78 Å². The summed E-state index contributed by atoms with van der Waals surface area (Å²) in [6.07, 6.45) is 2.37. The molecule has 1 unspecified atom stereocenters. The molecule has 1 aromatic carbocycles. The summed E-state index contributed by atoms with van der Waals surface area (Å²) in [5.41, 5.74) is 2.37. The van der Waals surface area contributed by atoms with Crippen LogP contribution in [0.4, 0.5) is 0 Å². The Morgan fingerprint density at radius 2 is 2.33 bits per heavy atom. The number of aromatic nitrogens is 3. The molecule has 0 bridgehead atoms. The van der Waals surface area contributed by atoms with Gasteiger partial charge >= 0.3 is 0 Å². The lowest BCUT2D eigenvalue weighted by Gasteiger charge is -2.25. The second-order valence-electron chi connectivity index (χ2n) is 4.27. The molecule has 0 spiro atoms. The monoisotopic (exact) mass is 243 g/mol. The van der Waals surface area contributed by atoms with Gasteiger partial charge in [-0.25, -0.2) is 4.98 Å².